The average Bonchev–Trinajstić information content (AvgIpc) is 2.26. The van der Waals surface area contributed by atoms with Gasteiger partial charge in [0.2, 0.25) is 0 Å². The lowest BCUT2D eigenvalue weighted by Gasteiger charge is -2.09. The third kappa shape index (κ3) is 3.35. The van der Waals surface area contributed by atoms with Crippen molar-refractivity contribution in [2.45, 2.75) is 6.92 Å². The van der Waals surface area contributed by atoms with Crippen LogP contribution in [0.1, 0.15) is 12.5 Å². The Bertz CT molecular complexity index is 393. The summed E-state index contributed by atoms with van der Waals surface area (Å²) in [6, 6.07) is 7.33. The van der Waals surface area contributed by atoms with E-state index in [1.165, 1.54) is 0 Å². The van der Waals surface area contributed by atoms with E-state index < -0.39 is 11.9 Å². The van der Waals surface area contributed by atoms with Crippen LogP contribution < -0.4 is 5.32 Å². The smallest absolute Gasteiger partial charge is 0.308 e. The Labute approximate surface area is 89.1 Å². The first-order chi connectivity index (χ1) is 7.13. The van der Waals surface area contributed by atoms with Crippen LogP contribution in [0.2, 0.25) is 0 Å². The summed E-state index contributed by atoms with van der Waals surface area (Å²) in [7, 11) is 0. The van der Waals surface area contributed by atoms with Crippen LogP contribution in [-0.2, 0) is 4.79 Å². The predicted octanol–water partition coefficient (Wildman–Crippen LogP) is 1.80. The zero-order valence-corrected chi connectivity index (χ0v) is 8.53. The van der Waals surface area contributed by atoms with E-state index in [-0.39, 0.29) is 0 Å². The summed E-state index contributed by atoms with van der Waals surface area (Å²) in [6.45, 7) is 2.05. The van der Waals surface area contributed by atoms with E-state index in [9.17, 15) is 4.79 Å². The molecule has 0 radical (unpaired) electrons. The number of nitrogens with one attached hydrogen (secondary N) is 1. The Morgan fingerprint density at radius 1 is 1.67 bits per heavy atom. The van der Waals surface area contributed by atoms with Gasteiger partial charge in [0.05, 0.1) is 5.92 Å². The molecule has 2 N–H and O–H groups in total. The van der Waals surface area contributed by atoms with Crippen molar-refractivity contribution in [3.63, 3.8) is 0 Å². The maximum absolute atomic E-state index is 10.6. The van der Waals surface area contributed by atoms with Gasteiger partial charge in [0.25, 0.3) is 0 Å². The van der Waals surface area contributed by atoms with Gasteiger partial charge >= 0.3 is 5.97 Å². The van der Waals surface area contributed by atoms with Crippen LogP contribution in [-0.4, -0.2) is 17.6 Å². The molecule has 3 nitrogen and oxygen atoms in total. The van der Waals surface area contributed by atoms with Gasteiger partial charge < -0.3 is 10.4 Å². The number of carboxylic acids is 1. The van der Waals surface area contributed by atoms with E-state index in [0.717, 1.165) is 11.3 Å². The van der Waals surface area contributed by atoms with Gasteiger partial charge in [0, 0.05) is 17.8 Å². The van der Waals surface area contributed by atoms with E-state index >= 15 is 0 Å². The highest BCUT2D eigenvalue weighted by atomic mass is 16.4. The van der Waals surface area contributed by atoms with E-state index in [0.29, 0.717) is 6.54 Å². The molecule has 0 fully saturated rings. The molecule has 1 aromatic carbocycles. The molecule has 0 aliphatic rings. The topological polar surface area (TPSA) is 49.3 Å². The summed E-state index contributed by atoms with van der Waals surface area (Å²) in [6.07, 6.45) is 5.25. The Morgan fingerprint density at radius 2 is 2.40 bits per heavy atom. The average molecular weight is 203 g/mol. The number of hydrogen-bond acceptors (Lipinski definition) is 2. The van der Waals surface area contributed by atoms with Crippen molar-refractivity contribution >= 4 is 11.7 Å². The molecule has 1 rings (SSSR count). The van der Waals surface area contributed by atoms with Crippen LogP contribution >= 0.6 is 0 Å². The fourth-order valence-electron chi connectivity index (χ4n) is 1.08. The van der Waals surface area contributed by atoms with Crippen molar-refractivity contribution in [3.05, 3.63) is 29.8 Å². The Kier molecular flexibility index (Phi) is 3.75. The van der Waals surface area contributed by atoms with Gasteiger partial charge in [-0.05, 0) is 18.2 Å². The molecular weight excluding hydrogens is 190 g/mol. The summed E-state index contributed by atoms with van der Waals surface area (Å²) in [5, 5.41) is 11.7. The maximum Gasteiger partial charge on any atom is 0.308 e. The molecule has 3 heteroatoms. The summed E-state index contributed by atoms with van der Waals surface area (Å²) >= 11 is 0. The number of rotatable bonds is 4. The van der Waals surface area contributed by atoms with Crippen molar-refractivity contribution < 1.29 is 9.90 Å². The minimum atomic E-state index is -0.810. The number of carboxylic acid groups (broad SMARTS) is 1. The van der Waals surface area contributed by atoms with E-state index in [4.69, 9.17) is 11.5 Å². The second-order valence-electron chi connectivity index (χ2n) is 3.35. The van der Waals surface area contributed by atoms with Crippen LogP contribution in [0.5, 0.6) is 0 Å². The van der Waals surface area contributed by atoms with Crippen molar-refractivity contribution in [2.75, 3.05) is 11.9 Å². The fourth-order valence-corrected chi connectivity index (χ4v) is 1.08. The minimum absolute atomic E-state index is 0.392. The Morgan fingerprint density at radius 3 is 3.00 bits per heavy atom. The first-order valence-electron chi connectivity index (χ1n) is 4.67. The summed E-state index contributed by atoms with van der Waals surface area (Å²) in [5.74, 6) is 1.29. The summed E-state index contributed by atoms with van der Waals surface area (Å²) in [5.41, 5.74) is 1.63. The second-order valence-corrected chi connectivity index (χ2v) is 3.35. The molecule has 0 heterocycles. The molecule has 0 aromatic heterocycles. The molecule has 0 aliphatic heterocycles. The number of carbonyl (C=O) groups is 1. The van der Waals surface area contributed by atoms with Gasteiger partial charge in [0.1, 0.15) is 0 Å². The van der Waals surface area contributed by atoms with Crippen molar-refractivity contribution in [1.82, 2.24) is 0 Å². The fraction of sp³-hybridized carbons (Fsp3) is 0.250. The molecule has 15 heavy (non-hydrogen) atoms. The maximum atomic E-state index is 10.6. The van der Waals surface area contributed by atoms with Gasteiger partial charge in [-0.25, -0.2) is 0 Å². The van der Waals surface area contributed by atoms with Crippen LogP contribution in [0.3, 0.4) is 0 Å². The van der Waals surface area contributed by atoms with Gasteiger partial charge in [-0.1, -0.05) is 18.9 Å². The lowest BCUT2D eigenvalue weighted by molar-refractivity contribution is -0.140. The van der Waals surface area contributed by atoms with Crippen molar-refractivity contribution in [1.29, 1.82) is 0 Å². The molecule has 0 bridgehead atoms. The molecule has 0 amide bonds. The highest BCUT2D eigenvalue weighted by Crippen LogP contribution is 2.10. The SMILES string of the molecule is C#Cc1cccc(NCC(C)C(=O)O)c1. The van der Waals surface area contributed by atoms with Gasteiger partial charge in [-0.2, -0.15) is 0 Å². The molecule has 0 saturated heterocycles. The monoisotopic (exact) mass is 203 g/mol. The number of aliphatic carboxylic acids is 1. The molecule has 1 aromatic rings. The third-order valence-electron chi connectivity index (χ3n) is 2.06. The zero-order chi connectivity index (χ0) is 11.3. The van der Waals surface area contributed by atoms with Crippen LogP contribution in [0.4, 0.5) is 5.69 Å². The first-order valence-corrected chi connectivity index (χ1v) is 4.67. The van der Waals surface area contributed by atoms with Crippen molar-refractivity contribution in [2.24, 2.45) is 5.92 Å². The Balaban J connectivity index is 2.58. The van der Waals surface area contributed by atoms with Crippen molar-refractivity contribution in [3.8, 4) is 12.3 Å². The lowest BCUT2D eigenvalue weighted by atomic mass is 10.1. The lowest BCUT2D eigenvalue weighted by Crippen LogP contribution is -2.19. The van der Waals surface area contributed by atoms with E-state index in [1.807, 2.05) is 24.3 Å². The summed E-state index contributed by atoms with van der Waals surface area (Å²) in [4.78, 5) is 10.6. The number of terminal acetylenes is 1. The second kappa shape index (κ2) is 5.06. The predicted molar refractivity (Wildman–Crippen MR) is 59.7 cm³/mol. The van der Waals surface area contributed by atoms with E-state index in [2.05, 4.69) is 11.2 Å². The molecule has 78 valence electrons. The third-order valence-corrected chi connectivity index (χ3v) is 2.06. The number of benzene rings is 1. The van der Waals surface area contributed by atoms with Gasteiger partial charge in [0.15, 0.2) is 0 Å². The Hall–Kier alpha value is -1.95. The van der Waals surface area contributed by atoms with Crippen LogP contribution in [0.15, 0.2) is 24.3 Å². The van der Waals surface area contributed by atoms with Gasteiger partial charge in [-0.3, -0.25) is 4.79 Å². The standard InChI is InChI=1S/C12H13NO2/c1-3-10-5-4-6-11(7-10)13-8-9(2)12(14)15/h1,4-7,9,13H,8H2,2H3,(H,14,15). The van der Waals surface area contributed by atoms with E-state index in [1.54, 1.807) is 6.92 Å². The van der Waals surface area contributed by atoms with Crippen LogP contribution in [0.25, 0.3) is 0 Å². The molecule has 0 spiro atoms. The molecular formula is C12H13NO2. The highest BCUT2D eigenvalue weighted by Gasteiger charge is 2.09. The largest absolute Gasteiger partial charge is 0.481 e. The normalized spacial score (nSPS) is 11.5. The van der Waals surface area contributed by atoms with Gasteiger partial charge in [-0.15, -0.1) is 6.42 Å². The molecule has 0 aliphatic carbocycles. The number of hydrogen-bond donors (Lipinski definition) is 2. The molecule has 1 atom stereocenters. The van der Waals surface area contributed by atoms with Crippen LogP contribution in [0, 0.1) is 18.3 Å². The summed E-state index contributed by atoms with van der Waals surface area (Å²) < 4.78 is 0. The zero-order valence-electron chi connectivity index (χ0n) is 8.53. The molecule has 0 saturated carbocycles. The quantitative estimate of drug-likeness (QED) is 0.733. The first kappa shape index (κ1) is 11.1. The highest BCUT2D eigenvalue weighted by molar-refractivity contribution is 5.70. The number of anilines is 1. The molecule has 1 unspecified atom stereocenters. The minimum Gasteiger partial charge on any atom is -0.481 e.